The zero-order valence-electron chi connectivity index (χ0n) is 22.9. The lowest BCUT2D eigenvalue weighted by atomic mass is 9.48. The van der Waals surface area contributed by atoms with Crippen LogP contribution in [0, 0.1) is 11.3 Å². The van der Waals surface area contributed by atoms with E-state index in [9.17, 15) is 18.0 Å². The molecule has 0 radical (unpaired) electrons. The number of carbonyl (C=O) groups is 1. The molecule has 3 aromatic rings. The van der Waals surface area contributed by atoms with Crippen molar-refractivity contribution in [3.05, 3.63) is 100 Å². The second-order valence-corrected chi connectivity index (χ2v) is 12.1. The fourth-order valence-electron chi connectivity index (χ4n) is 7.36. The predicted octanol–water partition coefficient (Wildman–Crippen LogP) is 7.89. The number of rotatable bonds is 6. The summed E-state index contributed by atoms with van der Waals surface area (Å²) in [5.74, 6) is 0.530. The summed E-state index contributed by atoms with van der Waals surface area (Å²) in [4.78, 5) is 17.3. The molecule has 3 nitrogen and oxygen atoms in total. The zero-order chi connectivity index (χ0) is 27.8. The lowest BCUT2D eigenvalue weighted by Crippen LogP contribution is -2.55. The molecule has 2 aromatic carbocycles. The van der Waals surface area contributed by atoms with Crippen LogP contribution >= 0.6 is 0 Å². The molecule has 5 rings (SSSR count). The minimum Gasteiger partial charge on any atom is -0.350 e. The summed E-state index contributed by atoms with van der Waals surface area (Å²) in [6, 6.07) is 17.8. The lowest BCUT2D eigenvalue weighted by Gasteiger charge is -2.57. The maximum absolute atomic E-state index is 13.3. The van der Waals surface area contributed by atoms with Crippen LogP contribution in [0.25, 0.3) is 0 Å². The largest absolute Gasteiger partial charge is 0.416 e. The number of hydrogen-bond donors (Lipinski definition) is 1. The van der Waals surface area contributed by atoms with Crippen molar-refractivity contribution in [2.24, 2.45) is 11.3 Å². The Hall–Kier alpha value is -3.15. The van der Waals surface area contributed by atoms with E-state index in [1.165, 1.54) is 28.8 Å². The SMILES string of the molecule is CC(C)c1ccc2c(c1)CC[C@H]1[C@@](CNC(=O)c3ccccn3)(Cc3ccc(C(F)(F)F)cc3)CCC[C@]21C. The Kier molecular flexibility index (Phi) is 7.34. The average molecular weight is 535 g/mol. The van der Waals surface area contributed by atoms with E-state index in [1.54, 1.807) is 36.5 Å². The monoisotopic (exact) mass is 534 g/mol. The van der Waals surface area contributed by atoms with Crippen LogP contribution in [0.15, 0.2) is 66.9 Å². The summed E-state index contributed by atoms with van der Waals surface area (Å²) in [6.07, 6.45) is 2.80. The van der Waals surface area contributed by atoms with Crippen molar-refractivity contribution < 1.29 is 18.0 Å². The molecule has 1 saturated carbocycles. The number of hydrogen-bond acceptors (Lipinski definition) is 2. The van der Waals surface area contributed by atoms with Gasteiger partial charge in [0.05, 0.1) is 5.56 Å². The summed E-state index contributed by atoms with van der Waals surface area (Å²) in [6.45, 7) is 7.26. The quantitative estimate of drug-likeness (QED) is 0.349. The van der Waals surface area contributed by atoms with Crippen LogP contribution in [0.5, 0.6) is 0 Å². The highest BCUT2D eigenvalue weighted by molar-refractivity contribution is 5.92. The van der Waals surface area contributed by atoms with Crippen molar-refractivity contribution in [2.75, 3.05) is 6.54 Å². The fraction of sp³-hybridized carbons (Fsp3) is 0.455. The maximum Gasteiger partial charge on any atom is 0.416 e. The number of nitrogens with zero attached hydrogens (tertiary/aromatic N) is 1. The molecule has 1 heterocycles. The third-order valence-electron chi connectivity index (χ3n) is 9.33. The Morgan fingerprint density at radius 2 is 1.85 bits per heavy atom. The molecule has 0 unspecified atom stereocenters. The summed E-state index contributed by atoms with van der Waals surface area (Å²) >= 11 is 0. The van der Waals surface area contributed by atoms with Gasteiger partial charge < -0.3 is 5.32 Å². The highest BCUT2D eigenvalue weighted by atomic mass is 19.4. The molecule has 1 aromatic heterocycles. The van der Waals surface area contributed by atoms with Gasteiger partial charge in [0.2, 0.25) is 0 Å². The number of halogens is 3. The van der Waals surface area contributed by atoms with E-state index in [2.05, 4.69) is 49.3 Å². The van der Waals surface area contributed by atoms with Crippen LogP contribution in [0.2, 0.25) is 0 Å². The van der Waals surface area contributed by atoms with Crippen LogP contribution in [0.4, 0.5) is 13.2 Å². The van der Waals surface area contributed by atoms with E-state index < -0.39 is 11.7 Å². The molecule has 0 saturated heterocycles. The zero-order valence-corrected chi connectivity index (χ0v) is 22.9. The number of alkyl halides is 3. The van der Waals surface area contributed by atoms with Gasteiger partial charge in [0.25, 0.3) is 5.91 Å². The van der Waals surface area contributed by atoms with E-state index in [4.69, 9.17) is 0 Å². The normalized spacial score (nSPS) is 24.6. The number of aryl methyl sites for hydroxylation is 1. The Balaban J connectivity index is 1.51. The van der Waals surface area contributed by atoms with E-state index >= 15 is 0 Å². The first-order chi connectivity index (χ1) is 18.5. The second kappa shape index (κ2) is 10.4. The van der Waals surface area contributed by atoms with Crippen LogP contribution < -0.4 is 5.32 Å². The van der Waals surface area contributed by atoms with Crippen molar-refractivity contribution in [1.82, 2.24) is 10.3 Å². The van der Waals surface area contributed by atoms with Crippen LogP contribution in [-0.4, -0.2) is 17.4 Å². The molecule has 3 atom stereocenters. The summed E-state index contributed by atoms with van der Waals surface area (Å²) in [5.41, 5.74) is 4.43. The van der Waals surface area contributed by atoms with Crippen molar-refractivity contribution in [2.45, 2.75) is 76.8 Å². The number of nitrogens with one attached hydrogen (secondary N) is 1. The minimum atomic E-state index is -4.36. The van der Waals surface area contributed by atoms with Gasteiger partial charge in [-0.1, -0.05) is 63.6 Å². The summed E-state index contributed by atoms with van der Waals surface area (Å²) < 4.78 is 39.8. The number of amides is 1. The number of benzene rings is 2. The molecule has 6 heteroatoms. The van der Waals surface area contributed by atoms with Crippen molar-refractivity contribution in [3.8, 4) is 0 Å². The molecule has 1 N–H and O–H groups in total. The molecule has 0 bridgehead atoms. The number of carbonyl (C=O) groups excluding carboxylic acids is 1. The molecule has 39 heavy (non-hydrogen) atoms. The Bertz CT molecular complexity index is 1320. The second-order valence-electron chi connectivity index (χ2n) is 12.1. The average Bonchev–Trinajstić information content (AvgIpc) is 2.91. The van der Waals surface area contributed by atoms with Gasteiger partial charge in [0.1, 0.15) is 5.69 Å². The molecule has 0 spiro atoms. The molecular formula is C33H37F3N2O. The van der Waals surface area contributed by atoms with E-state index in [0.717, 1.165) is 37.7 Å². The number of pyridine rings is 1. The fourth-order valence-corrected chi connectivity index (χ4v) is 7.36. The highest BCUT2D eigenvalue weighted by Gasteiger charge is 2.53. The standard InChI is InChI=1S/C33H37F3N2O/c1-22(2)24-10-14-27-25(19-24)11-15-29-31(27,3)16-6-17-32(29,21-38-30(39)28-7-4-5-18-37-28)20-23-8-12-26(13-9-23)33(34,35)36/h4-5,7-10,12-14,18-19,22,29H,6,11,15-17,20-21H2,1-3H3,(H,38,39)/t29-,31-,32-/m1/s1. The van der Waals surface area contributed by atoms with Gasteiger partial charge >= 0.3 is 6.18 Å². The maximum atomic E-state index is 13.3. The van der Waals surface area contributed by atoms with Gasteiger partial charge in [-0.3, -0.25) is 9.78 Å². The molecule has 206 valence electrons. The third-order valence-corrected chi connectivity index (χ3v) is 9.33. The highest BCUT2D eigenvalue weighted by Crippen LogP contribution is 2.58. The van der Waals surface area contributed by atoms with Gasteiger partial charge in [-0.25, -0.2) is 0 Å². The van der Waals surface area contributed by atoms with Gasteiger partial charge in [0, 0.05) is 12.7 Å². The van der Waals surface area contributed by atoms with Gasteiger partial charge in [-0.05, 0) is 101 Å². The minimum absolute atomic E-state index is 0.0665. The van der Waals surface area contributed by atoms with Crippen LogP contribution in [-0.2, 0) is 24.4 Å². The first kappa shape index (κ1) is 27.4. The topological polar surface area (TPSA) is 42.0 Å². The number of aromatic nitrogens is 1. The smallest absolute Gasteiger partial charge is 0.350 e. The molecule has 0 aliphatic heterocycles. The van der Waals surface area contributed by atoms with E-state index in [1.807, 2.05) is 0 Å². The van der Waals surface area contributed by atoms with Crippen molar-refractivity contribution >= 4 is 5.91 Å². The molecule has 1 amide bonds. The molecule has 2 aliphatic carbocycles. The van der Waals surface area contributed by atoms with Gasteiger partial charge in [0.15, 0.2) is 0 Å². The van der Waals surface area contributed by atoms with Gasteiger partial charge in [-0.2, -0.15) is 13.2 Å². The Morgan fingerprint density at radius 3 is 2.51 bits per heavy atom. The summed E-state index contributed by atoms with van der Waals surface area (Å²) in [5, 5.41) is 3.18. The van der Waals surface area contributed by atoms with E-state index in [-0.39, 0.29) is 22.7 Å². The Morgan fingerprint density at radius 1 is 1.08 bits per heavy atom. The number of fused-ring (bicyclic) bond motifs is 3. The van der Waals surface area contributed by atoms with Gasteiger partial charge in [-0.15, -0.1) is 0 Å². The van der Waals surface area contributed by atoms with E-state index in [0.29, 0.717) is 24.6 Å². The predicted molar refractivity (Wildman–Crippen MR) is 148 cm³/mol. The molecule has 1 fully saturated rings. The Labute approximate surface area is 229 Å². The first-order valence-corrected chi connectivity index (χ1v) is 14.0. The lowest BCUT2D eigenvalue weighted by molar-refractivity contribution is -0.137. The van der Waals surface area contributed by atoms with Crippen molar-refractivity contribution in [1.29, 1.82) is 0 Å². The third kappa shape index (κ3) is 5.35. The molecular weight excluding hydrogens is 497 g/mol. The van der Waals surface area contributed by atoms with Crippen molar-refractivity contribution in [3.63, 3.8) is 0 Å². The van der Waals surface area contributed by atoms with Crippen LogP contribution in [0.3, 0.4) is 0 Å². The first-order valence-electron chi connectivity index (χ1n) is 14.0. The van der Waals surface area contributed by atoms with Crippen LogP contribution in [0.1, 0.15) is 90.7 Å². The summed E-state index contributed by atoms with van der Waals surface area (Å²) in [7, 11) is 0. The molecule has 2 aliphatic rings.